The van der Waals surface area contributed by atoms with Crippen molar-refractivity contribution in [2.24, 2.45) is 5.73 Å². The van der Waals surface area contributed by atoms with Crippen molar-refractivity contribution in [2.75, 3.05) is 0 Å². The van der Waals surface area contributed by atoms with Gasteiger partial charge in [0.2, 0.25) is 11.7 Å². The molecule has 0 amide bonds. The third kappa shape index (κ3) is 1.96. The highest BCUT2D eigenvalue weighted by Crippen LogP contribution is 2.38. The summed E-state index contributed by atoms with van der Waals surface area (Å²) >= 11 is 0. The van der Waals surface area contributed by atoms with E-state index in [0.717, 1.165) is 24.8 Å². The van der Waals surface area contributed by atoms with Crippen LogP contribution in [0.15, 0.2) is 22.7 Å². The molecule has 0 saturated heterocycles. The summed E-state index contributed by atoms with van der Waals surface area (Å²) in [6.07, 6.45) is 2.69. The molecule has 7 nitrogen and oxygen atoms in total. The molecule has 1 heterocycles. The van der Waals surface area contributed by atoms with Crippen LogP contribution in [0.3, 0.4) is 0 Å². The summed E-state index contributed by atoms with van der Waals surface area (Å²) in [5, 5.41) is 14.7. The quantitative estimate of drug-likeness (QED) is 0.679. The average molecular weight is 274 g/mol. The second kappa shape index (κ2) is 4.38. The number of hydrogen-bond acceptors (Lipinski definition) is 6. The van der Waals surface area contributed by atoms with E-state index in [4.69, 9.17) is 10.3 Å². The number of aryl methyl sites for hydroxylation is 1. The lowest BCUT2D eigenvalue weighted by Crippen LogP contribution is -2.43. The molecular formula is C13H14N4O3. The first-order valence-electron chi connectivity index (χ1n) is 6.38. The van der Waals surface area contributed by atoms with Gasteiger partial charge in [-0.3, -0.25) is 10.1 Å². The van der Waals surface area contributed by atoms with Gasteiger partial charge in [-0.2, -0.15) is 4.98 Å². The number of nitro benzene ring substituents is 1. The maximum Gasteiger partial charge on any atom is 0.270 e. The van der Waals surface area contributed by atoms with Crippen LogP contribution in [0, 0.1) is 17.0 Å². The molecule has 1 aliphatic carbocycles. The maximum absolute atomic E-state index is 10.8. The molecule has 1 aromatic heterocycles. The minimum atomic E-state index is -0.528. The number of nitro groups is 1. The van der Waals surface area contributed by atoms with Crippen molar-refractivity contribution in [3.63, 3.8) is 0 Å². The molecule has 0 bridgehead atoms. The molecule has 1 aromatic carbocycles. The van der Waals surface area contributed by atoms with Gasteiger partial charge in [-0.25, -0.2) is 0 Å². The molecule has 1 fully saturated rings. The van der Waals surface area contributed by atoms with E-state index < -0.39 is 10.5 Å². The van der Waals surface area contributed by atoms with Crippen LogP contribution in [-0.4, -0.2) is 15.1 Å². The van der Waals surface area contributed by atoms with Gasteiger partial charge in [0.1, 0.15) is 0 Å². The van der Waals surface area contributed by atoms with Crippen LogP contribution in [-0.2, 0) is 5.54 Å². The largest absolute Gasteiger partial charge is 0.337 e. The first-order chi connectivity index (χ1) is 9.49. The van der Waals surface area contributed by atoms with E-state index in [1.54, 1.807) is 6.07 Å². The second-order valence-electron chi connectivity index (χ2n) is 5.19. The zero-order valence-electron chi connectivity index (χ0n) is 11.0. The fourth-order valence-corrected chi connectivity index (χ4v) is 2.27. The molecule has 0 spiro atoms. The van der Waals surface area contributed by atoms with Gasteiger partial charge in [0, 0.05) is 17.7 Å². The third-order valence-electron chi connectivity index (χ3n) is 3.77. The fourth-order valence-electron chi connectivity index (χ4n) is 2.27. The van der Waals surface area contributed by atoms with E-state index in [2.05, 4.69) is 10.1 Å². The van der Waals surface area contributed by atoms with Crippen molar-refractivity contribution in [2.45, 2.75) is 31.7 Å². The molecule has 1 aliphatic rings. The van der Waals surface area contributed by atoms with Gasteiger partial charge in [0.15, 0.2) is 0 Å². The van der Waals surface area contributed by atoms with Gasteiger partial charge >= 0.3 is 0 Å². The summed E-state index contributed by atoms with van der Waals surface area (Å²) < 4.78 is 5.23. The molecule has 7 heteroatoms. The minimum absolute atomic E-state index is 0.00283. The first-order valence-corrected chi connectivity index (χ1v) is 6.38. The van der Waals surface area contributed by atoms with E-state index >= 15 is 0 Å². The van der Waals surface area contributed by atoms with Crippen LogP contribution in [0.4, 0.5) is 5.69 Å². The number of hydrogen-bond donors (Lipinski definition) is 1. The molecule has 0 unspecified atom stereocenters. The highest BCUT2D eigenvalue weighted by Gasteiger charge is 2.40. The zero-order chi connectivity index (χ0) is 14.3. The van der Waals surface area contributed by atoms with Crippen LogP contribution in [0.5, 0.6) is 0 Å². The van der Waals surface area contributed by atoms with E-state index in [9.17, 15) is 10.1 Å². The summed E-state index contributed by atoms with van der Waals surface area (Å²) in [4.78, 5) is 14.7. The van der Waals surface area contributed by atoms with Gasteiger partial charge in [-0.15, -0.1) is 0 Å². The van der Waals surface area contributed by atoms with Gasteiger partial charge < -0.3 is 10.3 Å². The summed E-state index contributed by atoms with van der Waals surface area (Å²) in [6, 6.07) is 4.58. The normalized spacial score (nSPS) is 16.7. The molecule has 3 rings (SSSR count). The minimum Gasteiger partial charge on any atom is -0.337 e. The number of nitrogens with two attached hydrogens (primary N) is 1. The Morgan fingerprint density at radius 1 is 1.45 bits per heavy atom. The molecule has 2 N–H and O–H groups in total. The molecule has 0 atom stereocenters. The Morgan fingerprint density at radius 3 is 2.80 bits per heavy atom. The van der Waals surface area contributed by atoms with E-state index in [1.165, 1.54) is 12.1 Å². The van der Waals surface area contributed by atoms with Crippen molar-refractivity contribution in [3.8, 4) is 11.4 Å². The Kier molecular flexibility index (Phi) is 2.79. The Balaban J connectivity index is 2.01. The Morgan fingerprint density at radius 2 is 2.20 bits per heavy atom. The molecule has 0 aliphatic heterocycles. The number of nitrogens with zero attached hydrogens (tertiary/aromatic N) is 3. The predicted octanol–water partition coefficient (Wildman–Crippen LogP) is 2.29. The number of benzene rings is 1. The average Bonchev–Trinajstić information content (AvgIpc) is 2.86. The summed E-state index contributed by atoms with van der Waals surface area (Å²) in [5.74, 6) is 0.752. The van der Waals surface area contributed by atoms with E-state index in [0.29, 0.717) is 17.3 Å². The Labute approximate surface area is 114 Å². The smallest absolute Gasteiger partial charge is 0.270 e. The van der Waals surface area contributed by atoms with Crippen LogP contribution in [0.25, 0.3) is 11.4 Å². The van der Waals surface area contributed by atoms with E-state index in [1.807, 2.05) is 6.92 Å². The third-order valence-corrected chi connectivity index (χ3v) is 3.77. The number of rotatable bonds is 3. The van der Waals surface area contributed by atoms with Crippen molar-refractivity contribution in [3.05, 3.63) is 39.8 Å². The second-order valence-corrected chi connectivity index (χ2v) is 5.19. The molecule has 104 valence electrons. The van der Waals surface area contributed by atoms with Gasteiger partial charge in [0.05, 0.1) is 10.5 Å². The maximum atomic E-state index is 10.8. The Bertz CT molecular complexity index is 676. The van der Waals surface area contributed by atoms with Crippen LogP contribution >= 0.6 is 0 Å². The van der Waals surface area contributed by atoms with E-state index in [-0.39, 0.29) is 5.69 Å². The monoisotopic (exact) mass is 274 g/mol. The highest BCUT2D eigenvalue weighted by molar-refractivity contribution is 5.63. The van der Waals surface area contributed by atoms with Gasteiger partial charge in [-0.05, 0) is 31.7 Å². The summed E-state index contributed by atoms with van der Waals surface area (Å²) in [5.41, 5.74) is 7.05. The van der Waals surface area contributed by atoms with Gasteiger partial charge in [-0.1, -0.05) is 11.2 Å². The number of non-ortho nitro benzene ring substituents is 1. The first kappa shape index (κ1) is 12.7. The molecule has 20 heavy (non-hydrogen) atoms. The molecule has 1 saturated carbocycles. The standard InChI is InChI=1S/C13H14N4O3/c1-8-3-4-9(17(18)19)7-10(8)11-15-12(20-16-11)13(14)5-2-6-13/h3-4,7H,2,5-6,14H2,1H3. The Hall–Kier alpha value is -2.28. The van der Waals surface area contributed by atoms with Crippen LogP contribution in [0.2, 0.25) is 0 Å². The lowest BCUT2D eigenvalue weighted by Gasteiger charge is -2.33. The van der Waals surface area contributed by atoms with Crippen LogP contribution < -0.4 is 5.73 Å². The SMILES string of the molecule is Cc1ccc([N+](=O)[O-])cc1-c1noc(C2(N)CCC2)n1. The van der Waals surface area contributed by atoms with Crippen molar-refractivity contribution in [1.82, 2.24) is 10.1 Å². The summed E-state index contributed by atoms with van der Waals surface area (Å²) in [6.45, 7) is 1.84. The molecule has 0 radical (unpaired) electrons. The van der Waals surface area contributed by atoms with Crippen molar-refractivity contribution < 1.29 is 9.45 Å². The zero-order valence-corrected chi connectivity index (χ0v) is 11.0. The topological polar surface area (TPSA) is 108 Å². The fraction of sp³-hybridized carbons (Fsp3) is 0.385. The number of aromatic nitrogens is 2. The predicted molar refractivity (Wildman–Crippen MR) is 70.8 cm³/mol. The highest BCUT2D eigenvalue weighted by atomic mass is 16.6. The van der Waals surface area contributed by atoms with Gasteiger partial charge in [0.25, 0.3) is 5.69 Å². The molecule has 2 aromatic rings. The van der Waals surface area contributed by atoms with Crippen LogP contribution in [0.1, 0.15) is 30.7 Å². The molecular weight excluding hydrogens is 260 g/mol. The summed E-state index contributed by atoms with van der Waals surface area (Å²) in [7, 11) is 0. The van der Waals surface area contributed by atoms with Crippen molar-refractivity contribution in [1.29, 1.82) is 0 Å². The lowest BCUT2D eigenvalue weighted by molar-refractivity contribution is -0.384. The van der Waals surface area contributed by atoms with Crippen molar-refractivity contribution >= 4 is 5.69 Å². The lowest BCUT2D eigenvalue weighted by atomic mass is 9.78.